The van der Waals surface area contributed by atoms with Crippen molar-refractivity contribution in [1.82, 2.24) is 0 Å². The molecule has 2 unspecified atom stereocenters. The topological polar surface area (TPSA) is 49.3 Å². The van der Waals surface area contributed by atoms with Gasteiger partial charge in [0.25, 0.3) is 0 Å². The number of hydrogen-bond donors (Lipinski definition) is 2. The fourth-order valence-corrected chi connectivity index (χ4v) is 3.31. The van der Waals surface area contributed by atoms with E-state index in [4.69, 9.17) is 16.7 Å². The normalized spacial score (nSPS) is 23.6. The largest absolute Gasteiger partial charge is 0.478 e. The molecule has 1 aromatic rings. The fourth-order valence-electron chi connectivity index (χ4n) is 1.91. The fraction of sp³-hybridized carbons (Fsp3) is 0.417. The highest BCUT2D eigenvalue weighted by Crippen LogP contribution is 2.29. The Morgan fingerprint density at radius 2 is 2.35 bits per heavy atom. The van der Waals surface area contributed by atoms with Crippen LogP contribution in [0.5, 0.6) is 0 Å². The Bertz CT molecular complexity index is 439. The molecule has 2 atom stereocenters. The van der Waals surface area contributed by atoms with E-state index < -0.39 is 5.97 Å². The van der Waals surface area contributed by atoms with Gasteiger partial charge >= 0.3 is 5.97 Å². The molecular formula is C12H14ClNO2S. The highest BCUT2D eigenvalue weighted by atomic mass is 35.5. The van der Waals surface area contributed by atoms with Crippen LogP contribution < -0.4 is 5.32 Å². The Hall–Kier alpha value is -0.870. The summed E-state index contributed by atoms with van der Waals surface area (Å²) < 4.78 is 0. The van der Waals surface area contributed by atoms with Crippen LogP contribution in [-0.2, 0) is 0 Å². The number of anilines is 1. The van der Waals surface area contributed by atoms with E-state index in [1.807, 2.05) is 17.8 Å². The van der Waals surface area contributed by atoms with Crippen LogP contribution in [0, 0.1) is 0 Å². The molecule has 0 spiro atoms. The van der Waals surface area contributed by atoms with Gasteiger partial charge in [-0.2, -0.15) is 11.8 Å². The van der Waals surface area contributed by atoms with Crippen molar-refractivity contribution in [3.8, 4) is 0 Å². The molecule has 5 heteroatoms. The van der Waals surface area contributed by atoms with Gasteiger partial charge in [-0.15, -0.1) is 0 Å². The van der Waals surface area contributed by atoms with Crippen molar-refractivity contribution in [1.29, 1.82) is 0 Å². The quantitative estimate of drug-likeness (QED) is 0.885. The molecular weight excluding hydrogens is 258 g/mol. The van der Waals surface area contributed by atoms with Crippen LogP contribution in [-0.4, -0.2) is 28.1 Å². The second kappa shape index (κ2) is 5.19. The molecule has 1 aliphatic heterocycles. The first-order valence-corrected chi connectivity index (χ1v) is 6.91. The molecule has 0 radical (unpaired) electrons. The van der Waals surface area contributed by atoms with Crippen molar-refractivity contribution in [2.24, 2.45) is 0 Å². The van der Waals surface area contributed by atoms with E-state index in [9.17, 15) is 4.79 Å². The summed E-state index contributed by atoms with van der Waals surface area (Å²) in [6.07, 6.45) is 1.11. The smallest absolute Gasteiger partial charge is 0.337 e. The lowest BCUT2D eigenvalue weighted by atomic mass is 10.1. The van der Waals surface area contributed by atoms with Crippen LogP contribution in [0.25, 0.3) is 0 Å². The van der Waals surface area contributed by atoms with Gasteiger partial charge in [0.2, 0.25) is 0 Å². The van der Waals surface area contributed by atoms with Gasteiger partial charge in [0.05, 0.1) is 10.6 Å². The van der Waals surface area contributed by atoms with Crippen molar-refractivity contribution in [2.45, 2.75) is 24.6 Å². The van der Waals surface area contributed by atoms with E-state index in [0.717, 1.165) is 17.9 Å². The lowest BCUT2D eigenvalue weighted by Gasteiger charge is -2.18. The van der Waals surface area contributed by atoms with Crippen LogP contribution >= 0.6 is 23.4 Å². The van der Waals surface area contributed by atoms with Gasteiger partial charge < -0.3 is 10.4 Å². The molecule has 92 valence electrons. The van der Waals surface area contributed by atoms with E-state index in [2.05, 4.69) is 12.2 Å². The summed E-state index contributed by atoms with van der Waals surface area (Å²) >= 11 is 7.76. The van der Waals surface area contributed by atoms with Gasteiger partial charge in [0, 0.05) is 17.0 Å². The maximum atomic E-state index is 11.0. The van der Waals surface area contributed by atoms with E-state index in [-0.39, 0.29) is 10.6 Å². The number of halogens is 1. The molecule has 1 heterocycles. The van der Waals surface area contributed by atoms with Crippen molar-refractivity contribution < 1.29 is 9.90 Å². The lowest BCUT2D eigenvalue weighted by molar-refractivity contribution is 0.0697. The summed E-state index contributed by atoms with van der Waals surface area (Å²) in [6.45, 7) is 2.18. The second-order valence-corrected chi connectivity index (χ2v) is 6.01. The summed E-state index contributed by atoms with van der Waals surface area (Å²) in [6, 6.07) is 5.45. The van der Waals surface area contributed by atoms with E-state index in [1.165, 1.54) is 0 Å². The monoisotopic (exact) mass is 271 g/mol. The molecule has 17 heavy (non-hydrogen) atoms. The van der Waals surface area contributed by atoms with Crippen LogP contribution in [0.2, 0.25) is 5.02 Å². The van der Waals surface area contributed by atoms with Crippen LogP contribution in [0.1, 0.15) is 23.7 Å². The average molecular weight is 272 g/mol. The maximum Gasteiger partial charge on any atom is 0.337 e. The molecule has 0 amide bonds. The SMILES string of the molecule is CC1SCCC1Nc1ccc(Cl)c(C(=O)O)c1. The Labute approximate surface area is 110 Å². The Morgan fingerprint density at radius 1 is 1.59 bits per heavy atom. The summed E-state index contributed by atoms with van der Waals surface area (Å²) in [5.41, 5.74) is 0.973. The maximum absolute atomic E-state index is 11.0. The molecule has 0 aromatic heterocycles. The van der Waals surface area contributed by atoms with Gasteiger partial charge in [-0.05, 0) is 30.4 Å². The van der Waals surface area contributed by atoms with Gasteiger partial charge in [-0.1, -0.05) is 18.5 Å². The zero-order valence-corrected chi connectivity index (χ0v) is 11.0. The van der Waals surface area contributed by atoms with E-state index >= 15 is 0 Å². The highest BCUT2D eigenvalue weighted by molar-refractivity contribution is 8.00. The van der Waals surface area contributed by atoms with Crippen LogP contribution in [0.3, 0.4) is 0 Å². The van der Waals surface area contributed by atoms with E-state index in [0.29, 0.717) is 11.3 Å². The minimum absolute atomic E-state index is 0.148. The Kier molecular flexibility index (Phi) is 3.84. The summed E-state index contributed by atoms with van der Waals surface area (Å²) in [4.78, 5) is 11.0. The predicted molar refractivity (Wildman–Crippen MR) is 72.4 cm³/mol. The van der Waals surface area contributed by atoms with Crippen molar-refractivity contribution in [3.05, 3.63) is 28.8 Å². The number of hydrogen-bond acceptors (Lipinski definition) is 3. The minimum atomic E-state index is -0.993. The molecule has 1 fully saturated rings. The van der Waals surface area contributed by atoms with Gasteiger partial charge in [-0.3, -0.25) is 0 Å². The zero-order chi connectivity index (χ0) is 12.4. The third-order valence-corrected chi connectivity index (χ3v) is 4.58. The molecule has 0 saturated carbocycles. The van der Waals surface area contributed by atoms with Crippen molar-refractivity contribution in [2.75, 3.05) is 11.1 Å². The van der Waals surface area contributed by atoms with Crippen LogP contribution in [0.15, 0.2) is 18.2 Å². The Balaban J connectivity index is 2.16. The number of carboxylic acids is 1. The number of benzene rings is 1. The summed E-state index contributed by atoms with van der Waals surface area (Å²) in [5, 5.41) is 13.2. The predicted octanol–water partition coefficient (Wildman–Crippen LogP) is 3.34. The number of rotatable bonds is 3. The highest BCUT2D eigenvalue weighted by Gasteiger charge is 2.23. The number of thioether (sulfide) groups is 1. The molecule has 1 aliphatic rings. The average Bonchev–Trinajstić information content (AvgIpc) is 2.67. The number of aromatic carboxylic acids is 1. The molecule has 0 bridgehead atoms. The van der Waals surface area contributed by atoms with Crippen molar-refractivity contribution in [3.63, 3.8) is 0 Å². The standard InChI is InChI=1S/C12H14ClNO2S/c1-7-11(4-5-17-7)14-8-2-3-10(13)9(6-8)12(15)16/h2-3,6-7,11,14H,4-5H2,1H3,(H,15,16). The lowest BCUT2D eigenvalue weighted by Crippen LogP contribution is -2.24. The molecule has 2 rings (SSSR count). The molecule has 1 saturated heterocycles. The van der Waals surface area contributed by atoms with Gasteiger partial charge in [0.15, 0.2) is 0 Å². The summed E-state index contributed by atoms with van der Waals surface area (Å²) in [7, 11) is 0. The van der Waals surface area contributed by atoms with E-state index in [1.54, 1.807) is 12.1 Å². The minimum Gasteiger partial charge on any atom is -0.478 e. The van der Waals surface area contributed by atoms with Crippen LogP contribution in [0.4, 0.5) is 5.69 Å². The molecule has 3 nitrogen and oxygen atoms in total. The zero-order valence-electron chi connectivity index (χ0n) is 9.44. The first-order valence-electron chi connectivity index (χ1n) is 5.49. The molecule has 0 aliphatic carbocycles. The van der Waals surface area contributed by atoms with Crippen molar-refractivity contribution >= 4 is 35.0 Å². The van der Waals surface area contributed by atoms with Gasteiger partial charge in [-0.25, -0.2) is 4.79 Å². The first kappa shape index (κ1) is 12.6. The van der Waals surface area contributed by atoms with Gasteiger partial charge in [0.1, 0.15) is 0 Å². The number of nitrogens with one attached hydrogen (secondary N) is 1. The Morgan fingerprint density at radius 3 is 2.94 bits per heavy atom. The number of carboxylic acid groups (broad SMARTS) is 1. The summed E-state index contributed by atoms with van der Waals surface area (Å²) in [5.74, 6) is 0.158. The third-order valence-electron chi connectivity index (χ3n) is 2.93. The second-order valence-electron chi connectivity index (χ2n) is 4.12. The first-order chi connectivity index (χ1) is 8.08. The molecule has 2 N–H and O–H groups in total. The number of carbonyl (C=O) groups is 1. The molecule has 1 aromatic carbocycles. The third kappa shape index (κ3) is 2.87.